The maximum atomic E-state index is 12.5. The lowest BCUT2D eigenvalue weighted by molar-refractivity contribution is -0.118. The number of ether oxygens (including phenoxy) is 2. The molecule has 5 nitrogen and oxygen atoms in total. The van der Waals surface area contributed by atoms with Crippen molar-refractivity contribution in [3.63, 3.8) is 0 Å². The fourth-order valence-electron chi connectivity index (χ4n) is 2.46. The van der Waals surface area contributed by atoms with Crippen LogP contribution < -0.4 is 10.1 Å². The average molecular weight is 340 g/mol. The van der Waals surface area contributed by atoms with Crippen molar-refractivity contribution in [2.75, 3.05) is 11.9 Å². The second-order valence-electron chi connectivity index (χ2n) is 5.04. The molecule has 1 saturated heterocycles. The number of rotatable bonds is 2. The number of hydrogen-bond acceptors (Lipinski definition) is 4. The summed E-state index contributed by atoms with van der Waals surface area (Å²) in [6, 6.07) is 3.35. The Kier molecular flexibility index (Phi) is 3.52. The van der Waals surface area contributed by atoms with Gasteiger partial charge >= 0.3 is 0 Å². The van der Waals surface area contributed by atoms with Crippen molar-refractivity contribution in [2.45, 2.75) is 32.0 Å². The van der Waals surface area contributed by atoms with E-state index in [1.807, 2.05) is 6.92 Å². The average Bonchev–Trinajstić information content (AvgIpc) is 2.84. The van der Waals surface area contributed by atoms with Crippen molar-refractivity contribution in [1.82, 2.24) is 0 Å². The lowest BCUT2D eigenvalue weighted by Crippen LogP contribution is -2.26. The van der Waals surface area contributed by atoms with E-state index in [-0.39, 0.29) is 24.4 Å². The van der Waals surface area contributed by atoms with E-state index in [1.165, 1.54) is 0 Å². The monoisotopic (exact) mass is 339 g/mol. The van der Waals surface area contributed by atoms with Crippen LogP contribution in [0.15, 0.2) is 16.6 Å². The summed E-state index contributed by atoms with van der Waals surface area (Å²) in [5, 5.41) is 2.71. The molecule has 0 saturated carbocycles. The minimum atomic E-state index is -0.391. The number of fused-ring (bicyclic) bond motifs is 1. The Hall–Kier alpha value is -1.40. The second kappa shape index (κ2) is 5.18. The molecule has 0 bridgehead atoms. The number of nitrogens with one attached hydrogen (secondary N) is 1. The minimum Gasteiger partial charge on any atom is -0.482 e. The van der Waals surface area contributed by atoms with Crippen LogP contribution in [-0.4, -0.2) is 30.5 Å². The summed E-state index contributed by atoms with van der Waals surface area (Å²) in [6.07, 6.45) is 1.36. The Morgan fingerprint density at radius 2 is 2.20 bits per heavy atom. The Morgan fingerprint density at radius 1 is 1.40 bits per heavy atom. The van der Waals surface area contributed by atoms with E-state index >= 15 is 0 Å². The van der Waals surface area contributed by atoms with Crippen LogP contribution in [0, 0.1) is 0 Å². The lowest BCUT2D eigenvalue weighted by atomic mass is 10.0. The predicted molar refractivity (Wildman–Crippen MR) is 76.2 cm³/mol. The summed E-state index contributed by atoms with van der Waals surface area (Å²) in [6.45, 7) is 1.94. The van der Waals surface area contributed by atoms with Gasteiger partial charge in [-0.25, -0.2) is 0 Å². The van der Waals surface area contributed by atoms with E-state index in [9.17, 15) is 9.59 Å². The Balaban J connectivity index is 1.90. The summed E-state index contributed by atoms with van der Waals surface area (Å²) in [5.41, 5.74) is 1.10. The first-order chi connectivity index (χ1) is 9.54. The van der Waals surface area contributed by atoms with Gasteiger partial charge in [-0.3, -0.25) is 9.59 Å². The molecule has 6 heteroatoms. The fraction of sp³-hybridized carbons (Fsp3) is 0.429. The third-order valence-corrected chi connectivity index (χ3v) is 4.15. The lowest BCUT2D eigenvalue weighted by Gasteiger charge is -2.20. The molecule has 2 unspecified atom stereocenters. The number of Topliss-reactive ketones (excluding diaryl/α,β-unsaturated/α-hetero) is 1. The number of anilines is 1. The zero-order valence-electron chi connectivity index (χ0n) is 10.9. The van der Waals surface area contributed by atoms with Gasteiger partial charge in [-0.1, -0.05) is 0 Å². The molecule has 2 aliphatic rings. The highest BCUT2D eigenvalue weighted by Gasteiger charge is 2.31. The van der Waals surface area contributed by atoms with Gasteiger partial charge in [0.25, 0.3) is 5.91 Å². The zero-order valence-corrected chi connectivity index (χ0v) is 12.5. The van der Waals surface area contributed by atoms with E-state index in [4.69, 9.17) is 9.47 Å². The maximum Gasteiger partial charge on any atom is 0.262 e. The van der Waals surface area contributed by atoms with Crippen LogP contribution in [0.3, 0.4) is 0 Å². The first-order valence-corrected chi connectivity index (χ1v) is 7.30. The standard InChI is InChI=1S/C14H14BrNO4/c1-7-2-3-11(20-7)14(18)8-4-12-10(5-9(8)15)16-13(17)6-19-12/h4-5,7,11H,2-3,6H2,1H3,(H,16,17). The summed E-state index contributed by atoms with van der Waals surface area (Å²) < 4.78 is 11.6. The molecule has 20 heavy (non-hydrogen) atoms. The van der Waals surface area contributed by atoms with Crippen molar-refractivity contribution in [3.8, 4) is 5.75 Å². The largest absolute Gasteiger partial charge is 0.482 e. The summed E-state index contributed by atoms with van der Waals surface area (Å²) in [5.74, 6) is 0.267. The molecule has 3 rings (SSSR count). The number of amides is 1. The van der Waals surface area contributed by atoms with E-state index in [1.54, 1.807) is 12.1 Å². The van der Waals surface area contributed by atoms with Gasteiger partial charge in [0, 0.05) is 10.0 Å². The van der Waals surface area contributed by atoms with E-state index in [0.717, 1.165) is 12.8 Å². The highest BCUT2D eigenvalue weighted by molar-refractivity contribution is 9.10. The van der Waals surface area contributed by atoms with Crippen molar-refractivity contribution < 1.29 is 19.1 Å². The molecule has 0 aliphatic carbocycles. The molecule has 1 aromatic carbocycles. The van der Waals surface area contributed by atoms with Crippen LogP contribution in [0.2, 0.25) is 0 Å². The van der Waals surface area contributed by atoms with Crippen LogP contribution in [0.5, 0.6) is 5.75 Å². The first-order valence-electron chi connectivity index (χ1n) is 6.50. The fourth-order valence-corrected chi connectivity index (χ4v) is 3.00. The van der Waals surface area contributed by atoms with E-state index < -0.39 is 6.10 Å². The molecule has 1 N–H and O–H groups in total. The van der Waals surface area contributed by atoms with Gasteiger partial charge in [0.15, 0.2) is 12.4 Å². The zero-order chi connectivity index (χ0) is 14.3. The van der Waals surface area contributed by atoms with Crippen LogP contribution in [-0.2, 0) is 9.53 Å². The Bertz CT molecular complexity index is 587. The summed E-state index contributed by atoms with van der Waals surface area (Å²) in [4.78, 5) is 23.7. The molecule has 2 aliphatic heterocycles. The van der Waals surface area contributed by atoms with E-state index in [2.05, 4.69) is 21.2 Å². The van der Waals surface area contributed by atoms with Crippen molar-refractivity contribution in [2.24, 2.45) is 0 Å². The molecule has 106 valence electrons. The topological polar surface area (TPSA) is 64.6 Å². The minimum absolute atomic E-state index is 0.0285. The molecule has 0 spiro atoms. The number of ketones is 1. The number of benzene rings is 1. The van der Waals surface area contributed by atoms with Crippen LogP contribution in [0.1, 0.15) is 30.1 Å². The Labute approximate surface area is 124 Å². The normalized spacial score (nSPS) is 24.8. The summed E-state index contributed by atoms with van der Waals surface area (Å²) in [7, 11) is 0. The molecule has 1 aromatic rings. The van der Waals surface area contributed by atoms with Gasteiger partial charge in [-0.15, -0.1) is 0 Å². The molecular weight excluding hydrogens is 326 g/mol. The first kappa shape index (κ1) is 13.6. The molecule has 2 atom stereocenters. The second-order valence-corrected chi connectivity index (χ2v) is 5.90. The number of halogens is 1. The third kappa shape index (κ3) is 2.45. The molecule has 0 radical (unpaired) electrons. The molecular formula is C14H14BrNO4. The third-order valence-electron chi connectivity index (χ3n) is 3.49. The molecule has 0 aromatic heterocycles. The highest BCUT2D eigenvalue weighted by atomic mass is 79.9. The maximum absolute atomic E-state index is 12.5. The highest BCUT2D eigenvalue weighted by Crippen LogP contribution is 2.35. The number of carbonyl (C=O) groups is 2. The smallest absolute Gasteiger partial charge is 0.262 e. The number of hydrogen-bond donors (Lipinski definition) is 1. The quantitative estimate of drug-likeness (QED) is 0.841. The van der Waals surface area contributed by atoms with Gasteiger partial charge in [-0.2, -0.15) is 0 Å². The molecule has 1 fully saturated rings. The van der Waals surface area contributed by atoms with Gasteiger partial charge in [0.2, 0.25) is 0 Å². The number of carbonyl (C=O) groups excluding carboxylic acids is 2. The van der Waals surface area contributed by atoms with Gasteiger partial charge in [-0.05, 0) is 47.8 Å². The van der Waals surface area contributed by atoms with Gasteiger partial charge < -0.3 is 14.8 Å². The van der Waals surface area contributed by atoms with Crippen LogP contribution >= 0.6 is 15.9 Å². The van der Waals surface area contributed by atoms with E-state index in [0.29, 0.717) is 21.5 Å². The van der Waals surface area contributed by atoms with Crippen LogP contribution in [0.25, 0.3) is 0 Å². The van der Waals surface area contributed by atoms with Gasteiger partial charge in [0.1, 0.15) is 11.9 Å². The Morgan fingerprint density at radius 3 is 2.90 bits per heavy atom. The predicted octanol–water partition coefficient (Wildman–Crippen LogP) is 2.53. The summed E-state index contributed by atoms with van der Waals surface area (Å²) >= 11 is 3.37. The molecule has 1 amide bonds. The van der Waals surface area contributed by atoms with Crippen molar-refractivity contribution in [1.29, 1.82) is 0 Å². The SMILES string of the molecule is CC1CCC(C(=O)c2cc3c(cc2Br)NC(=O)CO3)O1. The van der Waals surface area contributed by atoms with Crippen LogP contribution in [0.4, 0.5) is 5.69 Å². The van der Waals surface area contributed by atoms with Crippen molar-refractivity contribution >= 4 is 33.3 Å². The van der Waals surface area contributed by atoms with Gasteiger partial charge in [0.05, 0.1) is 11.8 Å². The molecule has 2 heterocycles. The van der Waals surface area contributed by atoms with Crippen molar-refractivity contribution in [3.05, 3.63) is 22.2 Å².